The molecule has 0 radical (unpaired) electrons. The second-order valence-corrected chi connectivity index (χ2v) is 6.97. The maximum atomic E-state index is 12.8. The van der Waals surface area contributed by atoms with Crippen LogP contribution in [0.4, 0.5) is 0 Å². The predicted molar refractivity (Wildman–Crippen MR) is 93.1 cm³/mol. The first-order chi connectivity index (χ1) is 12.2. The number of carbonyl (C=O) groups is 1. The number of rotatable bonds is 7. The summed E-state index contributed by atoms with van der Waals surface area (Å²) in [4.78, 5) is 18.9. The van der Waals surface area contributed by atoms with Gasteiger partial charge in [0.05, 0.1) is 31.0 Å². The monoisotopic (exact) mass is 348 g/mol. The highest BCUT2D eigenvalue weighted by atomic mass is 16.5. The van der Waals surface area contributed by atoms with Crippen LogP contribution >= 0.6 is 0 Å². The number of hydrogen-bond acceptors (Lipinski definition) is 5. The molecule has 1 saturated heterocycles. The Balaban J connectivity index is 1.63. The van der Waals surface area contributed by atoms with Gasteiger partial charge in [-0.25, -0.2) is 0 Å². The van der Waals surface area contributed by atoms with Gasteiger partial charge in [-0.15, -0.1) is 0 Å². The van der Waals surface area contributed by atoms with Gasteiger partial charge in [0.1, 0.15) is 0 Å². The summed E-state index contributed by atoms with van der Waals surface area (Å²) in [7, 11) is 1.76. The van der Waals surface area contributed by atoms with E-state index in [-0.39, 0.29) is 30.3 Å². The molecule has 0 unspecified atom stereocenters. The lowest BCUT2D eigenvalue weighted by molar-refractivity contribution is -0.142. The van der Waals surface area contributed by atoms with Gasteiger partial charge < -0.3 is 19.5 Å². The molecule has 3 atom stereocenters. The molecule has 1 N–H and O–H groups in total. The van der Waals surface area contributed by atoms with Crippen molar-refractivity contribution in [3.63, 3.8) is 0 Å². The molecule has 1 saturated carbocycles. The van der Waals surface area contributed by atoms with E-state index in [4.69, 9.17) is 14.6 Å². The molecule has 2 heterocycles. The van der Waals surface area contributed by atoms with Crippen LogP contribution in [0.25, 0.3) is 0 Å². The number of ether oxygens (including phenoxy) is 2. The van der Waals surface area contributed by atoms with Crippen LogP contribution < -0.4 is 0 Å². The molecule has 25 heavy (non-hydrogen) atoms. The first-order valence-corrected chi connectivity index (χ1v) is 9.14. The Morgan fingerprint density at radius 1 is 1.48 bits per heavy atom. The Kier molecular flexibility index (Phi) is 6.04. The third kappa shape index (κ3) is 4.02. The fourth-order valence-electron chi connectivity index (χ4n) is 4.27. The third-order valence-electron chi connectivity index (χ3n) is 5.66. The topological polar surface area (TPSA) is 71.9 Å². The predicted octanol–water partition coefficient (Wildman–Crippen LogP) is 1.56. The molecule has 138 valence electrons. The van der Waals surface area contributed by atoms with Gasteiger partial charge in [0.25, 0.3) is 0 Å². The number of hydrogen-bond donors (Lipinski definition) is 1. The van der Waals surface area contributed by atoms with Gasteiger partial charge >= 0.3 is 0 Å². The van der Waals surface area contributed by atoms with Gasteiger partial charge in [-0.05, 0) is 43.7 Å². The van der Waals surface area contributed by atoms with E-state index in [1.165, 1.54) is 0 Å². The van der Waals surface area contributed by atoms with Crippen molar-refractivity contribution in [2.24, 2.45) is 0 Å². The third-order valence-corrected chi connectivity index (χ3v) is 5.66. The zero-order valence-electron chi connectivity index (χ0n) is 14.9. The smallest absolute Gasteiger partial charge is 0.223 e. The van der Waals surface area contributed by atoms with Crippen LogP contribution in [0.3, 0.4) is 0 Å². The minimum absolute atomic E-state index is 0.0321. The number of carbonyl (C=O) groups excluding carboxylic acids is 1. The molecule has 2 aliphatic rings. The second kappa shape index (κ2) is 8.25. The molecule has 3 rings (SSSR count). The molecule has 1 amide bonds. The zero-order valence-corrected chi connectivity index (χ0v) is 14.9. The van der Waals surface area contributed by atoms with Crippen molar-refractivity contribution < 1.29 is 19.4 Å². The largest absolute Gasteiger partial charge is 0.394 e. The summed E-state index contributed by atoms with van der Waals surface area (Å²) in [6.07, 6.45) is 8.34. The van der Waals surface area contributed by atoms with Crippen molar-refractivity contribution in [1.29, 1.82) is 0 Å². The van der Waals surface area contributed by atoms with E-state index >= 15 is 0 Å². The number of pyridine rings is 1. The molecule has 1 aromatic rings. The molecule has 0 spiro atoms. The average molecular weight is 348 g/mol. The zero-order chi connectivity index (χ0) is 17.7. The van der Waals surface area contributed by atoms with Gasteiger partial charge in [0, 0.05) is 32.5 Å². The number of fused-ring (bicyclic) bond motifs is 1. The van der Waals surface area contributed by atoms with Gasteiger partial charge in [0.2, 0.25) is 5.91 Å². The molecule has 2 fully saturated rings. The maximum absolute atomic E-state index is 12.8. The van der Waals surface area contributed by atoms with E-state index in [0.717, 1.165) is 37.8 Å². The maximum Gasteiger partial charge on any atom is 0.223 e. The first-order valence-electron chi connectivity index (χ1n) is 9.14. The highest BCUT2D eigenvalue weighted by Crippen LogP contribution is 2.43. The normalized spacial score (nSPS) is 28.8. The van der Waals surface area contributed by atoms with Gasteiger partial charge in [-0.3, -0.25) is 9.78 Å². The molecule has 0 bridgehead atoms. The summed E-state index contributed by atoms with van der Waals surface area (Å²) >= 11 is 0. The standard InChI is InChI=1S/C19H28N2O4/c1-24-19-7-6-16(25-12-11-22)13-17(19)21(10-8-19)18(23)5-4-15-3-2-9-20-14-15/h2-3,9,14,16-17,22H,4-8,10-13H2,1H3/t16-,17-,19+/m1/s1. The van der Waals surface area contributed by atoms with Gasteiger partial charge in [0.15, 0.2) is 0 Å². The van der Waals surface area contributed by atoms with Crippen LogP contribution in [-0.2, 0) is 20.7 Å². The molecule has 6 nitrogen and oxygen atoms in total. The Labute approximate surface area is 149 Å². The number of methoxy groups -OCH3 is 1. The van der Waals surface area contributed by atoms with Crippen LogP contribution in [-0.4, -0.2) is 65.5 Å². The van der Waals surface area contributed by atoms with E-state index in [0.29, 0.717) is 19.4 Å². The molecule has 0 aromatic carbocycles. The van der Waals surface area contributed by atoms with E-state index < -0.39 is 0 Å². The lowest BCUT2D eigenvalue weighted by Crippen LogP contribution is -2.53. The summed E-state index contributed by atoms with van der Waals surface area (Å²) in [5.74, 6) is 0.176. The molecular formula is C19H28N2O4. The minimum atomic E-state index is -0.233. The van der Waals surface area contributed by atoms with Crippen LogP contribution in [0, 0.1) is 0 Å². The number of likely N-dealkylation sites (tertiary alicyclic amines) is 1. The molecule has 1 aliphatic heterocycles. The van der Waals surface area contributed by atoms with Crippen molar-refractivity contribution in [2.45, 2.75) is 56.3 Å². The highest BCUT2D eigenvalue weighted by Gasteiger charge is 2.52. The number of aromatic nitrogens is 1. The Morgan fingerprint density at radius 3 is 3.08 bits per heavy atom. The van der Waals surface area contributed by atoms with Crippen molar-refractivity contribution in [3.05, 3.63) is 30.1 Å². The lowest BCUT2D eigenvalue weighted by atomic mass is 9.79. The fraction of sp³-hybridized carbons (Fsp3) is 0.684. The van der Waals surface area contributed by atoms with Crippen molar-refractivity contribution >= 4 is 5.91 Å². The summed E-state index contributed by atoms with van der Waals surface area (Å²) in [5.41, 5.74) is 0.851. The molecular weight excluding hydrogens is 320 g/mol. The SMILES string of the molecule is CO[C@]12CC[C@@H](OCCO)C[C@H]1N(C(=O)CCc1cccnc1)CC2. The summed E-state index contributed by atoms with van der Waals surface area (Å²) < 4.78 is 11.6. The van der Waals surface area contributed by atoms with Gasteiger partial charge in [-0.2, -0.15) is 0 Å². The Morgan fingerprint density at radius 2 is 2.36 bits per heavy atom. The van der Waals surface area contributed by atoms with Crippen molar-refractivity contribution in [3.8, 4) is 0 Å². The van der Waals surface area contributed by atoms with E-state index in [1.807, 2.05) is 23.2 Å². The van der Waals surface area contributed by atoms with E-state index in [9.17, 15) is 4.79 Å². The molecule has 1 aromatic heterocycles. The Bertz CT molecular complexity index is 568. The summed E-state index contributed by atoms with van der Waals surface area (Å²) in [6, 6.07) is 3.97. The number of aliphatic hydroxyl groups is 1. The van der Waals surface area contributed by atoms with Crippen LogP contribution in [0.2, 0.25) is 0 Å². The lowest BCUT2D eigenvalue weighted by Gasteiger charge is -2.43. The second-order valence-electron chi connectivity index (χ2n) is 6.97. The van der Waals surface area contributed by atoms with E-state index in [1.54, 1.807) is 13.3 Å². The average Bonchev–Trinajstić information content (AvgIpc) is 3.04. The van der Waals surface area contributed by atoms with E-state index in [2.05, 4.69) is 4.98 Å². The number of aliphatic hydroxyl groups excluding tert-OH is 1. The minimum Gasteiger partial charge on any atom is -0.394 e. The van der Waals surface area contributed by atoms with Gasteiger partial charge in [-0.1, -0.05) is 6.07 Å². The number of aryl methyl sites for hydroxylation is 1. The quantitative estimate of drug-likeness (QED) is 0.810. The van der Waals surface area contributed by atoms with Crippen molar-refractivity contribution in [1.82, 2.24) is 9.88 Å². The molecule has 1 aliphatic carbocycles. The fourth-order valence-corrected chi connectivity index (χ4v) is 4.27. The first kappa shape index (κ1) is 18.3. The summed E-state index contributed by atoms with van der Waals surface area (Å²) in [6.45, 7) is 1.13. The van der Waals surface area contributed by atoms with Crippen LogP contribution in [0.5, 0.6) is 0 Å². The van der Waals surface area contributed by atoms with Crippen LogP contribution in [0.15, 0.2) is 24.5 Å². The van der Waals surface area contributed by atoms with Crippen molar-refractivity contribution in [2.75, 3.05) is 26.9 Å². The Hall–Kier alpha value is -1.50. The summed E-state index contributed by atoms with van der Waals surface area (Å²) in [5, 5.41) is 8.98. The number of amides is 1. The molecule has 6 heteroatoms. The van der Waals surface area contributed by atoms with Crippen LogP contribution in [0.1, 0.15) is 37.7 Å². The number of nitrogens with zero attached hydrogens (tertiary/aromatic N) is 2. The highest BCUT2D eigenvalue weighted by molar-refractivity contribution is 5.77.